The average molecular weight is 280 g/mol. The van der Waals surface area contributed by atoms with Gasteiger partial charge >= 0.3 is 0 Å². The van der Waals surface area contributed by atoms with Crippen molar-refractivity contribution in [3.63, 3.8) is 0 Å². The minimum Gasteiger partial charge on any atom is -0.323 e. The molecular weight excluding hydrogens is 270 g/mol. The lowest BCUT2D eigenvalue weighted by Crippen LogP contribution is -2.09. The van der Waals surface area contributed by atoms with E-state index in [-0.39, 0.29) is 24.6 Å². The average Bonchev–Trinajstić information content (AvgIpc) is 2.10. The van der Waals surface area contributed by atoms with E-state index in [2.05, 4.69) is 15.9 Å². The number of nitrogens with two attached hydrogens (primary N) is 1. The topological polar surface area (TPSA) is 49.8 Å². The van der Waals surface area contributed by atoms with Gasteiger partial charge in [0.05, 0.1) is 17.0 Å². The molecule has 0 amide bonds. The zero-order valence-electron chi connectivity index (χ0n) is 7.21. The number of halogens is 3. The Morgan fingerprint density at radius 3 is 2.71 bits per heavy atom. The first kappa shape index (κ1) is 13.4. The van der Waals surface area contributed by atoms with Gasteiger partial charge in [0.1, 0.15) is 5.82 Å². The van der Waals surface area contributed by atoms with E-state index in [1.54, 1.807) is 12.1 Å². The van der Waals surface area contributed by atoms with Gasteiger partial charge in [-0.15, -0.1) is 12.4 Å². The fraction of sp³-hybridized carbons (Fsp3) is 0.222. The normalized spacial score (nSPS) is 11.3. The van der Waals surface area contributed by atoms with Gasteiger partial charge in [-0.3, -0.25) is 0 Å². The van der Waals surface area contributed by atoms with Crippen LogP contribution in [0, 0.1) is 17.1 Å². The summed E-state index contributed by atoms with van der Waals surface area (Å²) >= 11 is 3.04. The number of nitriles is 1. The number of hydrogen-bond donors (Lipinski definition) is 1. The van der Waals surface area contributed by atoms with E-state index in [0.29, 0.717) is 10.0 Å². The molecule has 1 atom stereocenters. The number of nitrogens with zero attached hydrogens (tertiary/aromatic N) is 1. The third-order valence-corrected chi connectivity index (χ3v) is 2.33. The maximum Gasteiger partial charge on any atom is 0.137 e. The quantitative estimate of drug-likeness (QED) is 0.905. The monoisotopic (exact) mass is 278 g/mol. The maximum atomic E-state index is 13.0. The molecule has 0 aliphatic carbocycles. The molecule has 0 saturated carbocycles. The highest BCUT2D eigenvalue weighted by molar-refractivity contribution is 9.10. The Morgan fingerprint density at radius 2 is 2.21 bits per heavy atom. The maximum absolute atomic E-state index is 13.0. The summed E-state index contributed by atoms with van der Waals surface area (Å²) in [7, 11) is 0. The van der Waals surface area contributed by atoms with Gasteiger partial charge in [0, 0.05) is 6.04 Å². The Balaban J connectivity index is 0.00000169. The molecule has 2 N–H and O–H groups in total. The number of hydrogen-bond acceptors (Lipinski definition) is 2. The number of benzene rings is 1. The summed E-state index contributed by atoms with van der Waals surface area (Å²) in [5, 5.41) is 8.39. The standard InChI is InChI=1S/C9H8BrFN2.ClH/c10-7-2-1-6(5-8(7)11)9(13)3-4-12;/h1-2,5,9H,3,13H2;1H/t9-;/m0./s1. The molecule has 0 fully saturated rings. The van der Waals surface area contributed by atoms with Crippen LogP contribution in [-0.2, 0) is 0 Å². The summed E-state index contributed by atoms with van der Waals surface area (Å²) in [5.74, 6) is -0.356. The first-order valence-corrected chi connectivity index (χ1v) is 4.52. The molecule has 0 spiro atoms. The van der Waals surface area contributed by atoms with E-state index < -0.39 is 6.04 Å². The van der Waals surface area contributed by atoms with Crippen molar-refractivity contribution in [1.82, 2.24) is 0 Å². The third kappa shape index (κ3) is 3.26. The molecule has 1 rings (SSSR count). The summed E-state index contributed by atoms with van der Waals surface area (Å²) in [6.07, 6.45) is 0.196. The minimum atomic E-state index is -0.410. The van der Waals surface area contributed by atoms with E-state index in [1.165, 1.54) is 6.07 Å². The van der Waals surface area contributed by atoms with Crippen LogP contribution in [0.4, 0.5) is 4.39 Å². The first-order valence-electron chi connectivity index (χ1n) is 3.72. The van der Waals surface area contributed by atoms with Crippen LogP contribution in [-0.4, -0.2) is 0 Å². The molecule has 1 aromatic carbocycles. The van der Waals surface area contributed by atoms with Crippen LogP contribution >= 0.6 is 28.3 Å². The smallest absolute Gasteiger partial charge is 0.137 e. The van der Waals surface area contributed by atoms with Crippen molar-refractivity contribution < 1.29 is 4.39 Å². The van der Waals surface area contributed by atoms with Gasteiger partial charge in [0.25, 0.3) is 0 Å². The van der Waals surface area contributed by atoms with E-state index in [0.717, 1.165) is 0 Å². The van der Waals surface area contributed by atoms with Crippen molar-refractivity contribution in [2.24, 2.45) is 5.73 Å². The van der Waals surface area contributed by atoms with Crippen LogP contribution in [0.1, 0.15) is 18.0 Å². The lowest BCUT2D eigenvalue weighted by molar-refractivity contribution is 0.613. The highest BCUT2D eigenvalue weighted by Crippen LogP contribution is 2.20. The third-order valence-electron chi connectivity index (χ3n) is 1.68. The van der Waals surface area contributed by atoms with E-state index >= 15 is 0 Å². The summed E-state index contributed by atoms with van der Waals surface area (Å²) in [6, 6.07) is 6.16. The van der Waals surface area contributed by atoms with Gasteiger partial charge in [0.2, 0.25) is 0 Å². The number of rotatable bonds is 2. The molecule has 2 nitrogen and oxygen atoms in total. The van der Waals surface area contributed by atoms with Gasteiger partial charge < -0.3 is 5.73 Å². The zero-order chi connectivity index (χ0) is 9.84. The fourth-order valence-corrected chi connectivity index (χ4v) is 1.21. The molecule has 0 unspecified atom stereocenters. The van der Waals surface area contributed by atoms with Crippen LogP contribution in [0.25, 0.3) is 0 Å². The lowest BCUT2D eigenvalue weighted by atomic mass is 10.1. The molecule has 5 heteroatoms. The van der Waals surface area contributed by atoms with Crippen molar-refractivity contribution in [2.75, 3.05) is 0 Å². The minimum absolute atomic E-state index is 0. The molecule has 0 aliphatic heterocycles. The van der Waals surface area contributed by atoms with Crippen molar-refractivity contribution in [2.45, 2.75) is 12.5 Å². The summed E-state index contributed by atoms with van der Waals surface area (Å²) < 4.78 is 13.4. The van der Waals surface area contributed by atoms with Gasteiger partial charge in [0.15, 0.2) is 0 Å². The molecule has 14 heavy (non-hydrogen) atoms. The van der Waals surface area contributed by atoms with Gasteiger partial charge in [-0.2, -0.15) is 5.26 Å². The van der Waals surface area contributed by atoms with Crippen LogP contribution in [0.2, 0.25) is 0 Å². The van der Waals surface area contributed by atoms with Crippen LogP contribution < -0.4 is 5.73 Å². The zero-order valence-corrected chi connectivity index (χ0v) is 9.61. The molecular formula is C9H9BrClFN2. The van der Waals surface area contributed by atoms with Crippen molar-refractivity contribution >= 4 is 28.3 Å². The molecule has 0 bridgehead atoms. The Kier molecular flexibility index (Phi) is 5.70. The molecule has 0 saturated heterocycles. The highest BCUT2D eigenvalue weighted by atomic mass is 79.9. The second kappa shape index (κ2) is 5.97. The molecule has 76 valence electrons. The Labute approximate surface area is 96.4 Å². The SMILES string of the molecule is Cl.N#CC[C@H](N)c1ccc(Br)c(F)c1. The van der Waals surface area contributed by atoms with E-state index in [1.807, 2.05) is 6.07 Å². The second-order valence-electron chi connectivity index (χ2n) is 2.64. The largest absolute Gasteiger partial charge is 0.323 e. The van der Waals surface area contributed by atoms with E-state index in [9.17, 15) is 4.39 Å². The van der Waals surface area contributed by atoms with E-state index in [4.69, 9.17) is 11.0 Å². The fourth-order valence-electron chi connectivity index (χ4n) is 0.959. The second-order valence-corrected chi connectivity index (χ2v) is 3.50. The van der Waals surface area contributed by atoms with Gasteiger partial charge in [-0.05, 0) is 33.6 Å². The van der Waals surface area contributed by atoms with Crippen LogP contribution in [0.5, 0.6) is 0 Å². The van der Waals surface area contributed by atoms with Gasteiger partial charge in [-0.25, -0.2) is 4.39 Å². The predicted octanol–water partition coefficient (Wildman–Crippen LogP) is 2.92. The summed E-state index contributed by atoms with van der Waals surface area (Å²) in [4.78, 5) is 0. The highest BCUT2D eigenvalue weighted by Gasteiger charge is 2.07. The van der Waals surface area contributed by atoms with Crippen LogP contribution in [0.15, 0.2) is 22.7 Å². The summed E-state index contributed by atoms with van der Waals surface area (Å²) in [6.45, 7) is 0. The lowest BCUT2D eigenvalue weighted by Gasteiger charge is -2.07. The Bertz CT molecular complexity index is 351. The van der Waals surface area contributed by atoms with Crippen LogP contribution in [0.3, 0.4) is 0 Å². The predicted molar refractivity (Wildman–Crippen MR) is 58.5 cm³/mol. The Morgan fingerprint density at radius 1 is 1.57 bits per heavy atom. The molecule has 0 aromatic heterocycles. The molecule has 1 aromatic rings. The van der Waals surface area contributed by atoms with Crippen molar-refractivity contribution in [1.29, 1.82) is 5.26 Å². The van der Waals surface area contributed by atoms with Gasteiger partial charge in [-0.1, -0.05) is 6.07 Å². The summed E-state index contributed by atoms with van der Waals surface area (Å²) in [5.41, 5.74) is 6.26. The van der Waals surface area contributed by atoms with Crippen molar-refractivity contribution in [3.05, 3.63) is 34.1 Å². The first-order chi connectivity index (χ1) is 6.15. The molecule has 0 radical (unpaired) electrons. The molecule has 0 aliphatic rings. The Hall–Kier alpha value is -0.630. The van der Waals surface area contributed by atoms with Crippen molar-refractivity contribution in [3.8, 4) is 6.07 Å². The molecule has 0 heterocycles.